The highest BCUT2D eigenvalue weighted by molar-refractivity contribution is 6.32. The molecule has 30 heavy (non-hydrogen) atoms. The average molecular weight is 425 g/mol. The summed E-state index contributed by atoms with van der Waals surface area (Å²) in [5.74, 6) is 3.71. The summed E-state index contributed by atoms with van der Waals surface area (Å²) in [5, 5.41) is 5.60. The zero-order valence-corrected chi connectivity index (χ0v) is 17.2. The van der Waals surface area contributed by atoms with Crippen LogP contribution in [0.15, 0.2) is 29.4 Å². The van der Waals surface area contributed by atoms with Gasteiger partial charge in [-0.1, -0.05) is 29.7 Å². The van der Waals surface area contributed by atoms with Gasteiger partial charge in [-0.05, 0) is 54.7 Å². The monoisotopic (exact) mass is 424 g/mol. The molecule has 0 radical (unpaired) electrons. The van der Waals surface area contributed by atoms with Crippen LogP contribution in [0.4, 0.5) is 0 Å². The third-order valence-electron chi connectivity index (χ3n) is 6.59. The molecule has 7 heteroatoms. The van der Waals surface area contributed by atoms with Gasteiger partial charge in [-0.15, -0.1) is 6.42 Å². The van der Waals surface area contributed by atoms with Crippen LogP contribution in [0.1, 0.15) is 18.9 Å². The van der Waals surface area contributed by atoms with Gasteiger partial charge in [0.25, 0.3) is 11.8 Å². The van der Waals surface area contributed by atoms with Crippen LogP contribution in [0.2, 0.25) is 5.02 Å². The SMILES string of the molecule is C#CCOc1c(Cl)cc(/C=N\N2C(=O)[C@@H]3[C@@H]4C=C[C@H]([C@@H]5C[C@H]45)[C@@H]3C2=O)cc1OCC. The van der Waals surface area contributed by atoms with Crippen LogP contribution in [0.25, 0.3) is 0 Å². The van der Waals surface area contributed by atoms with Gasteiger partial charge in [0.1, 0.15) is 6.61 Å². The number of rotatable bonds is 6. The Bertz CT molecular complexity index is 991. The first kappa shape index (κ1) is 19.2. The van der Waals surface area contributed by atoms with E-state index in [0.29, 0.717) is 40.5 Å². The molecule has 0 aromatic heterocycles. The fourth-order valence-electron chi connectivity index (χ4n) is 5.36. The molecule has 5 aliphatic rings. The summed E-state index contributed by atoms with van der Waals surface area (Å²) in [5.41, 5.74) is 0.593. The van der Waals surface area contributed by atoms with Crippen LogP contribution in [0, 0.1) is 47.9 Å². The van der Waals surface area contributed by atoms with Gasteiger partial charge in [0.05, 0.1) is 29.7 Å². The zero-order valence-electron chi connectivity index (χ0n) is 16.5. The Kier molecular flexibility index (Phi) is 4.59. The summed E-state index contributed by atoms with van der Waals surface area (Å²) < 4.78 is 11.1. The first-order valence-corrected chi connectivity index (χ1v) is 10.6. The van der Waals surface area contributed by atoms with Crippen molar-refractivity contribution in [1.29, 1.82) is 0 Å². The van der Waals surface area contributed by atoms with Gasteiger partial charge in [-0.3, -0.25) is 9.59 Å². The Hall–Kier alpha value is -2.78. The molecule has 0 N–H and O–H groups in total. The number of allylic oxidation sites excluding steroid dienone is 2. The maximum absolute atomic E-state index is 13.0. The molecule has 4 aliphatic carbocycles. The van der Waals surface area contributed by atoms with Crippen molar-refractivity contribution >= 4 is 29.6 Å². The quantitative estimate of drug-likeness (QED) is 0.304. The van der Waals surface area contributed by atoms with Crippen molar-refractivity contribution in [2.45, 2.75) is 13.3 Å². The first-order valence-electron chi connectivity index (χ1n) is 10.2. The van der Waals surface area contributed by atoms with E-state index in [1.807, 2.05) is 6.92 Å². The lowest BCUT2D eigenvalue weighted by Gasteiger charge is -2.37. The van der Waals surface area contributed by atoms with Gasteiger partial charge in [0.2, 0.25) is 0 Å². The Balaban J connectivity index is 1.40. The van der Waals surface area contributed by atoms with Crippen molar-refractivity contribution < 1.29 is 19.1 Å². The molecule has 1 saturated heterocycles. The van der Waals surface area contributed by atoms with Crippen LogP contribution in [0.3, 0.4) is 0 Å². The number of ether oxygens (including phenoxy) is 2. The van der Waals surface area contributed by atoms with Gasteiger partial charge >= 0.3 is 0 Å². The maximum Gasteiger partial charge on any atom is 0.254 e. The van der Waals surface area contributed by atoms with E-state index < -0.39 is 0 Å². The van der Waals surface area contributed by atoms with Crippen LogP contribution in [-0.2, 0) is 9.59 Å². The molecular formula is C23H21ClN2O4. The van der Waals surface area contributed by atoms with E-state index >= 15 is 0 Å². The number of hydrogen-bond acceptors (Lipinski definition) is 5. The minimum atomic E-state index is -0.268. The van der Waals surface area contributed by atoms with Crippen molar-refractivity contribution in [3.05, 3.63) is 34.9 Å². The van der Waals surface area contributed by atoms with Crippen LogP contribution >= 0.6 is 11.6 Å². The molecule has 2 saturated carbocycles. The minimum Gasteiger partial charge on any atom is -0.490 e. The van der Waals surface area contributed by atoms with E-state index in [2.05, 4.69) is 23.2 Å². The number of carbonyl (C=O) groups excluding carboxylic acids is 2. The Morgan fingerprint density at radius 1 is 1.20 bits per heavy atom. The Labute approximate surface area is 179 Å². The van der Waals surface area contributed by atoms with Gasteiger partial charge < -0.3 is 9.47 Å². The number of hydrazone groups is 1. The largest absolute Gasteiger partial charge is 0.490 e. The topological polar surface area (TPSA) is 68.2 Å². The average Bonchev–Trinajstić information content (AvgIpc) is 3.51. The fourth-order valence-corrected chi connectivity index (χ4v) is 5.63. The van der Waals surface area contributed by atoms with Gasteiger partial charge in [0, 0.05) is 0 Å². The van der Waals surface area contributed by atoms with Gasteiger partial charge in [0.15, 0.2) is 11.5 Å². The van der Waals surface area contributed by atoms with Crippen molar-refractivity contribution in [3.63, 3.8) is 0 Å². The molecular weight excluding hydrogens is 404 g/mol. The summed E-state index contributed by atoms with van der Waals surface area (Å²) in [6.45, 7) is 2.31. The summed E-state index contributed by atoms with van der Waals surface area (Å²) in [6, 6.07) is 3.33. The lowest BCUT2D eigenvalue weighted by Crippen LogP contribution is -2.40. The second-order valence-electron chi connectivity index (χ2n) is 8.14. The molecule has 2 bridgehead atoms. The third kappa shape index (κ3) is 2.84. The summed E-state index contributed by atoms with van der Waals surface area (Å²) in [6.07, 6.45) is 12.1. The molecule has 1 aliphatic heterocycles. The zero-order chi connectivity index (χ0) is 21.0. The highest BCUT2D eigenvalue weighted by Gasteiger charge is 2.67. The number of carbonyl (C=O) groups is 2. The van der Waals surface area contributed by atoms with Crippen molar-refractivity contribution in [1.82, 2.24) is 5.01 Å². The molecule has 6 atom stereocenters. The summed E-state index contributed by atoms with van der Waals surface area (Å²) in [4.78, 5) is 26.0. The van der Waals surface area contributed by atoms with Crippen molar-refractivity contribution in [3.8, 4) is 23.8 Å². The second-order valence-corrected chi connectivity index (χ2v) is 8.55. The van der Waals surface area contributed by atoms with Gasteiger partial charge in [-0.2, -0.15) is 10.1 Å². The number of nitrogens with zero attached hydrogens (tertiary/aromatic N) is 2. The second kappa shape index (κ2) is 7.17. The van der Waals surface area contributed by atoms with Crippen LogP contribution < -0.4 is 9.47 Å². The van der Waals surface area contributed by atoms with E-state index in [9.17, 15) is 9.59 Å². The molecule has 6 nitrogen and oxygen atoms in total. The lowest BCUT2D eigenvalue weighted by molar-refractivity contribution is -0.140. The maximum atomic E-state index is 13.0. The molecule has 1 aromatic carbocycles. The summed E-state index contributed by atoms with van der Waals surface area (Å²) in [7, 11) is 0. The van der Waals surface area contributed by atoms with Gasteiger partial charge in [-0.25, -0.2) is 0 Å². The highest BCUT2D eigenvalue weighted by atomic mass is 35.5. The lowest BCUT2D eigenvalue weighted by atomic mass is 9.63. The van der Waals surface area contributed by atoms with Crippen LogP contribution in [-0.4, -0.2) is 36.3 Å². The molecule has 3 fully saturated rings. The normalized spacial score (nSPS) is 32.9. The summed E-state index contributed by atoms with van der Waals surface area (Å²) >= 11 is 6.33. The number of imide groups is 1. The third-order valence-corrected chi connectivity index (χ3v) is 6.87. The molecule has 1 heterocycles. The Morgan fingerprint density at radius 3 is 2.47 bits per heavy atom. The van der Waals surface area contributed by atoms with Crippen molar-refractivity contribution in [2.75, 3.05) is 13.2 Å². The predicted molar refractivity (Wildman–Crippen MR) is 111 cm³/mol. The smallest absolute Gasteiger partial charge is 0.254 e. The van der Waals surface area contributed by atoms with E-state index in [1.165, 1.54) is 6.21 Å². The van der Waals surface area contributed by atoms with Crippen LogP contribution in [0.5, 0.6) is 11.5 Å². The molecule has 0 spiro atoms. The van der Waals surface area contributed by atoms with E-state index in [-0.39, 0.29) is 42.1 Å². The molecule has 154 valence electrons. The number of benzene rings is 1. The number of terminal acetylenes is 1. The van der Waals surface area contributed by atoms with Crippen molar-refractivity contribution in [2.24, 2.45) is 40.6 Å². The predicted octanol–water partition coefficient (Wildman–Crippen LogP) is 3.14. The molecule has 2 amide bonds. The standard InChI is InChI=1S/C23H21ClN2O4/c1-3-7-30-21-17(24)8-12(9-18(21)29-4-2)11-25-26-22(27)19-13-5-6-14(16-10-15(13)16)20(19)23(26)28/h1,5-6,8-9,11,13-16,19-20H,4,7,10H2,2H3/b25-11-/t13-,14-,15-,16+,19-,20+/m1/s1. The molecule has 0 unspecified atom stereocenters. The molecule has 1 aromatic rings. The Morgan fingerprint density at radius 2 is 1.87 bits per heavy atom. The van der Waals surface area contributed by atoms with E-state index in [1.54, 1.807) is 12.1 Å². The number of hydrogen-bond donors (Lipinski definition) is 0. The first-order chi connectivity index (χ1) is 14.5. The minimum absolute atomic E-state index is 0.0607. The molecule has 6 rings (SSSR count). The van der Waals surface area contributed by atoms with E-state index in [0.717, 1.165) is 11.4 Å². The number of amides is 2. The van der Waals surface area contributed by atoms with E-state index in [4.69, 9.17) is 27.5 Å². The highest BCUT2D eigenvalue weighted by Crippen LogP contribution is 2.65. The fraction of sp³-hybridized carbons (Fsp3) is 0.435. The number of halogens is 1.